The second-order valence-corrected chi connectivity index (χ2v) is 10.1. The lowest BCUT2D eigenvalue weighted by Gasteiger charge is -2.13. The van der Waals surface area contributed by atoms with Crippen molar-refractivity contribution in [3.63, 3.8) is 0 Å². The van der Waals surface area contributed by atoms with Gasteiger partial charge in [-0.25, -0.2) is 0 Å². The predicted molar refractivity (Wildman–Crippen MR) is 137 cm³/mol. The molecule has 37 heavy (non-hydrogen) atoms. The number of fused-ring (bicyclic) bond motifs is 1. The number of carbonyl (C=O) groups excluding carboxylic acids is 1. The first-order valence-electron chi connectivity index (χ1n) is 11.8. The molecule has 2 N–H and O–H groups in total. The van der Waals surface area contributed by atoms with Crippen LogP contribution >= 0.6 is 11.3 Å². The summed E-state index contributed by atoms with van der Waals surface area (Å²) in [7, 11) is 2.13. The Hall–Kier alpha value is -3.56. The molecule has 1 unspecified atom stereocenters. The fraction of sp³-hybridized carbons (Fsp3) is 0.400. The second kappa shape index (κ2) is 10.8. The van der Waals surface area contributed by atoms with Crippen LogP contribution in [0.25, 0.3) is 22.7 Å². The minimum absolute atomic E-state index is 0.00723. The van der Waals surface area contributed by atoms with Gasteiger partial charge in [-0.3, -0.25) is 14.2 Å². The standard InChI is InChI=1S/C25H27F3N6O2S/c1-3-34-23(36)21(37-24(34)19(11-29)22(35)31-15-25(26,27)28)12-30-18-4-5-20-17(10-18)7-9-33(20)14-16-6-8-32(2)13-16/h4-5,7,9-10,12,16,30H,3,6,8,13-15H2,1-2H3,(H,31,35)/b21-12-,24-19+. The number of amides is 1. The average Bonchev–Trinajstić information content (AvgIpc) is 3.53. The van der Waals surface area contributed by atoms with Crippen LogP contribution in [-0.4, -0.2) is 52.8 Å². The van der Waals surface area contributed by atoms with Gasteiger partial charge in [-0.15, -0.1) is 11.3 Å². The fourth-order valence-electron chi connectivity index (χ4n) is 4.51. The van der Waals surface area contributed by atoms with Crippen LogP contribution in [-0.2, 0) is 17.9 Å². The molecule has 196 valence electrons. The highest BCUT2D eigenvalue weighted by Gasteiger charge is 2.29. The summed E-state index contributed by atoms with van der Waals surface area (Å²) in [6.45, 7) is 3.38. The molecule has 8 nitrogen and oxygen atoms in total. The van der Waals surface area contributed by atoms with Crippen LogP contribution in [0.15, 0.2) is 35.3 Å². The zero-order valence-electron chi connectivity index (χ0n) is 20.4. The van der Waals surface area contributed by atoms with Crippen LogP contribution in [0, 0.1) is 17.2 Å². The Morgan fingerprint density at radius 2 is 2.11 bits per heavy atom. The molecule has 1 aliphatic heterocycles. The van der Waals surface area contributed by atoms with Gasteiger partial charge in [0, 0.05) is 48.6 Å². The molecular weight excluding hydrogens is 505 g/mol. The lowest BCUT2D eigenvalue weighted by atomic mass is 10.1. The number of carbonyl (C=O) groups is 1. The minimum Gasteiger partial charge on any atom is -0.360 e. The van der Waals surface area contributed by atoms with Crippen molar-refractivity contribution in [1.82, 2.24) is 19.4 Å². The molecule has 0 bridgehead atoms. The molecule has 2 aromatic heterocycles. The van der Waals surface area contributed by atoms with E-state index in [4.69, 9.17) is 0 Å². The van der Waals surface area contributed by atoms with Crippen molar-refractivity contribution in [3.05, 3.63) is 50.0 Å². The summed E-state index contributed by atoms with van der Waals surface area (Å²) in [6, 6.07) is 9.57. The predicted octanol–water partition coefficient (Wildman–Crippen LogP) is 2.04. The van der Waals surface area contributed by atoms with Crippen LogP contribution in [0.2, 0.25) is 0 Å². The topological polar surface area (TPSA) is 95.1 Å². The average molecular weight is 533 g/mol. The minimum atomic E-state index is -4.62. The summed E-state index contributed by atoms with van der Waals surface area (Å²) >= 11 is 0.873. The highest BCUT2D eigenvalue weighted by molar-refractivity contribution is 7.07. The molecule has 3 aromatic rings. The van der Waals surface area contributed by atoms with E-state index >= 15 is 0 Å². The molecule has 0 aliphatic carbocycles. The van der Waals surface area contributed by atoms with Crippen LogP contribution in [0.5, 0.6) is 0 Å². The molecule has 0 spiro atoms. The summed E-state index contributed by atoms with van der Waals surface area (Å²) < 4.78 is 41.1. The zero-order chi connectivity index (χ0) is 26.7. The SMILES string of the molecule is CCn1c(=O)/c(=C/Nc2ccc3c(ccn3CC3CCN(C)C3)c2)s/c1=C(\C#N)C(=O)NCC(F)(F)F. The number of thiazole rings is 1. The van der Waals surface area contributed by atoms with Crippen molar-refractivity contribution >= 4 is 45.6 Å². The summed E-state index contributed by atoms with van der Waals surface area (Å²) in [6.07, 6.45) is 0.120. The first-order valence-corrected chi connectivity index (χ1v) is 12.6. The van der Waals surface area contributed by atoms with E-state index in [1.165, 1.54) is 17.2 Å². The van der Waals surface area contributed by atoms with Gasteiger partial charge in [-0.1, -0.05) is 0 Å². The maximum atomic E-state index is 12.9. The molecule has 0 radical (unpaired) electrons. The fourth-order valence-corrected chi connectivity index (χ4v) is 5.59. The Morgan fingerprint density at radius 1 is 1.32 bits per heavy atom. The number of halogens is 3. The third-order valence-corrected chi connectivity index (χ3v) is 7.44. The number of nitriles is 1. The van der Waals surface area contributed by atoms with Gasteiger partial charge in [0.25, 0.3) is 11.5 Å². The maximum absolute atomic E-state index is 12.9. The molecule has 1 aromatic carbocycles. The Kier molecular flexibility index (Phi) is 7.75. The Balaban J connectivity index is 1.59. The smallest absolute Gasteiger partial charge is 0.360 e. The number of benzene rings is 1. The van der Waals surface area contributed by atoms with Gasteiger partial charge in [0.05, 0.1) is 0 Å². The van der Waals surface area contributed by atoms with Crippen LogP contribution in [0.4, 0.5) is 18.9 Å². The van der Waals surface area contributed by atoms with E-state index < -0.39 is 29.8 Å². The molecule has 1 atom stereocenters. The van der Waals surface area contributed by atoms with Gasteiger partial charge < -0.3 is 20.1 Å². The van der Waals surface area contributed by atoms with Crippen molar-refractivity contribution < 1.29 is 18.0 Å². The van der Waals surface area contributed by atoms with Gasteiger partial charge in [0.2, 0.25) is 0 Å². The number of rotatable bonds is 7. The van der Waals surface area contributed by atoms with Crippen LogP contribution in [0.1, 0.15) is 13.3 Å². The molecule has 0 saturated carbocycles. The first-order chi connectivity index (χ1) is 17.6. The third-order valence-electron chi connectivity index (χ3n) is 6.31. The quantitative estimate of drug-likeness (QED) is 0.486. The lowest BCUT2D eigenvalue weighted by Crippen LogP contribution is -2.37. The summed E-state index contributed by atoms with van der Waals surface area (Å²) in [5, 5.41) is 15.3. The molecular formula is C25H27F3N6O2S. The van der Waals surface area contributed by atoms with Crippen LogP contribution < -0.4 is 25.4 Å². The van der Waals surface area contributed by atoms with Gasteiger partial charge in [0.1, 0.15) is 21.8 Å². The first kappa shape index (κ1) is 26.5. The Morgan fingerprint density at radius 3 is 2.76 bits per heavy atom. The molecule has 1 saturated heterocycles. The number of likely N-dealkylation sites (tertiary alicyclic amines) is 1. The van der Waals surface area contributed by atoms with Crippen molar-refractivity contribution in [1.29, 1.82) is 5.26 Å². The number of nitrogens with zero attached hydrogens (tertiary/aromatic N) is 4. The molecule has 1 amide bonds. The van der Waals surface area contributed by atoms with Gasteiger partial charge in [-0.2, -0.15) is 18.4 Å². The Labute approximate surface area is 214 Å². The van der Waals surface area contributed by atoms with E-state index in [2.05, 4.69) is 28.0 Å². The molecule has 4 rings (SSSR count). The van der Waals surface area contributed by atoms with E-state index in [0.29, 0.717) is 5.92 Å². The van der Waals surface area contributed by atoms with Crippen molar-refractivity contribution in [2.75, 3.05) is 32.0 Å². The number of nitrogens with one attached hydrogen (secondary N) is 2. The zero-order valence-corrected chi connectivity index (χ0v) is 21.2. The van der Waals surface area contributed by atoms with Gasteiger partial charge >= 0.3 is 6.18 Å². The molecule has 3 heterocycles. The number of aromatic nitrogens is 2. The number of hydrogen-bond donors (Lipinski definition) is 2. The van der Waals surface area contributed by atoms with Crippen molar-refractivity contribution in [2.45, 2.75) is 32.6 Å². The van der Waals surface area contributed by atoms with Gasteiger partial charge in [-0.05, 0) is 57.1 Å². The number of hydrogen-bond acceptors (Lipinski definition) is 6. The van der Waals surface area contributed by atoms with Crippen molar-refractivity contribution in [2.24, 2.45) is 5.92 Å². The normalized spacial score (nSPS) is 17.7. The lowest BCUT2D eigenvalue weighted by molar-refractivity contribution is -0.135. The highest BCUT2D eigenvalue weighted by atomic mass is 32.1. The summed E-state index contributed by atoms with van der Waals surface area (Å²) in [5.41, 5.74) is 0.879. The van der Waals surface area contributed by atoms with Gasteiger partial charge in [0.15, 0.2) is 5.57 Å². The number of anilines is 1. The van der Waals surface area contributed by atoms with E-state index in [0.717, 1.165) is 47.6 Å². The van der Waals surface area contributed by atoms with E-state index in [1.54, 1.807) is 18.3 Å². The van der Waals surface area contributed by atoms with Crippen molar-refractivity contribution in [3.8, 4) is 6.07 Å². The molecule has 1 fully saturated rings. The summed E-state index contributed by atoms with van der Waals surface area (Å²) in [4.78, 5) is 27.4. The Bertz CT molecular complexity index is 1530. The number of alkyl halides is 3. The largest absolute Gasteiger partial charge is 0.405 e. The molecule has 12 heteroatoms. The molecule has 1 aliphatic rings. The van der Waals surface area contributed by atoms with Crippen LogP contribution in [0.3, 0.4) is 0 Å². The highest BCUT2D eigenvalue weighted by Crippen LogP contribution is 2.24. The van der Waals surface area contributed by atoms with E-state index in [-0.39, 0.29) is 15.7 Å². The van der Waals surface area contributed by atoms with E-state index in [9.17, 15) is 28.0 Å². The maximum Gasteiger partial charge on any atom is 0.405 e. The summed E-state index contributed by atoms with van der Waals surface area (Å²) in [5.74, 6) is -0.562. The second-order valence-electron chi connectivity index (χ2n) is 9.05. The van der Waals surface area contributed by atoms with E-state index in [1.807, 2.05) is 24.3 Å². The monoisotopic (exact) mass is 532 g/mol. The third kappa shape index (κ3) is 6.06.